The average Bonchev–Trinajstić information content (AvgIpc) is 3.65. The Morgan fingerprint density at radius 3 is 2.73 bits per heavy atom. The number of nitrogens with zero attached hydrogens (tertiary/aromatic N) is 5. The zero-order valence-corrected chi connectivity index (χ0v) is 25.7. The highest BCUT2D eigenvalue weighted by Crippen LogP contribution is 2.41. The molecule has 9 nitrogen and oxygen atoms in total. The number of nitriles is 1. The number of benzene rings is 2. The minimum Gasteiger partial charge on any atom is -0.495 e. The Kier molecular flexibility index (Phi) is 8.61. The number of amides is 1. The fourth-order valence-electron chi connectivity index (χ4n) is 5.81. The number of fused-ring (bicyclic) bond motifs is 2. The van der Waals surface area contributed by atoms with Crippen molar-refractivity contribution in [2.24, 2.45) is 7.05 Å². The lowest BCUT2D eigenvalue weighted by Gasteiger charge is -2.33. The average molecular weight is 606 g/mol. The molecule has 1 aliphatic heterocycles. The lowest BCUT2D eigenvalue weighted by atomic mass is 10.0. The summed E-state index contributed by atoms with van der Waals surface area (Å²) in [5, 5.41) is 15.9. The molecular formula is C34H35N7O2S. The second-order valence-corrected chi connectivity index (χ2v) is 11.8. The number of methoxy groups -OCH3 is 1. The number of hydrogen-bond acceptors (Lipinski definition) is 8. The van der Waals surface area contributed by atoms with Crippen LogP contribution in [0.1, 0.15) is 22.5 Å². The van der Waals surface area contributed by atoms with Crippen molar-refractivity contribution < 1.29 is 9.53 Å². The SMILES string of the molecule is COc1cc(-c2csc3c(C=CCN4CCN(CCC#N)CC4)cnc(N)c23)ccc1NC(=O)c1cc2ccccc2n1C. The molecule has 0 radical (unpaired) electrons. The van der Waals surface area contributed by atoms with E-state index in [9.17, 15) is 4.79 Å². The summed E-state index contributed by atoms with van der Waals surface area (Å²) in [6, 6.07) is 17.8. The first-order valence-electron chi connectivity index (χ1n) is 14.6. The van der Waals surface area contributed by atoms with Gasteiger partial charge in [0.05, 0.1) is 18.9 Å². The Bertz CT molecular complexity index is 1890. The molecule has 4 heterocycles. The third kappa shape index (κ3) is 5.90. The maximum Gasteiger partial charge on any atom is 0.272 e. The molecule has 6 rings (SSSR count). The largest absolute Gasteiger partial charge is 0.495 e. The molecule has 0 spiro atoms. The maximum absolute atomic E-state index is 13.3. The Hall–Kier alpha value is -4.69. The summed E-state index contributed by atoms with van der Waals surface area (Å²) in [6.45, 7) is 5.69. The summed E-state index contributed by atoms with van der Waals surface area (Å²) in [5.41, 5.74) is 11.5. The lowest BCUT2D eigenvalue weighted by molar-refractivity contribution is 0.101. The number of nitrogens with one attached hydrogen (secondary N) is 1. The molecule has 0 aliphatic carbocycles. The minimum absolute atomic E-state index is 0.207. The number of para-hydroxylation sites is 1. The van der Waals surface area contributed by atoms with Crippen LogP contribution in [-0.2, 0) is 7.05 Å². The topological polar surface area (TPSA) is 112 Å². The molecule has 44 heavy (non-hydrogen) atoms. The number of carbonyl (C=O) groups excluding carboxylic acids is 1. The predicted molar refractivity (Wildman–Crippen MR) is 179 cm³/mol. The van der Waals surface area contributed by atoms with Crippen LogP contribution in [0.3, 0.4) is 0 Å². The van der Waals surface area contributed by atoms with Crippen LogP contribution in [0.25, 0.3) is 38.2 Å². The van der Waals surface area contributed by atoms with Crippen LogP contribution in [0.15, 0.2) is 66.2 Å². The quantitative estimate of drug-likeness (QED) is 0.217. The minimum atomic E-state index is -0.207. The summed E-state index contributed by atoms with van der Waals surface area (Å²) in [7, 11) is 3.49. The van der Waals surface area contributed by atoms with Crippen molar-refractivity contribution in [3.05, 3.63) is 77.4 Å². The van der Waals surface area contributed by atoms with Crippen LogP contribution in [0.2, 0.25) is 0 Å². The summed E-state index contributed by atoms with van der Waals surface area (Å²) >= 11 is 1.64. The number of carbonyl (C=O) groups is 1. The first kappa shape index (κ1) is 29.4. The van der Waals surface area contributed by atoms with E-state index >= 15 is 0 Å². The molecule has 0 atom stereocenters. The first-order valence-corrected chi connectivity index (χ1v) is 15.5. The molecule has 0 unspecified atom stereocenters. The summed E-state index contributed by atoms with van der Waals surface area (Å²) in [6.07, 6.45) is 6.74. The van der Waals surface area contributed by atoms with Gasteiger partial charge in [-0.2, -0.15) is 5.26 Å². The molecular weight excluding hydrogens is 570 g/mol. The monoisotopic (exact) mass is 605 g/mol. The fraction of sp³-hybridized carbons (Fsp3) is 0.265. The Morgan fingerprint density at radius 2 is 1.95 bits per heavy atom. The Morgan fingerprint density at radius 1 is 1.16 bits per heavy atom. The van der Waals surface area contributed by atoms with E-state index in [1.54, 1.807) is 18.4 Å². The molecule has 5 aromatic rings. The van der Waals surface area contributed by atoms with Crippen molar-refractivity contribution in [2.45, 2.75) is 6.42 Å². The van der Waals surface area contributed by atoms with Gasteiger partial charge >= 0.3 is 0 Å². The maximum atomic E-state index is 13.3. The van der Waals surface area contributed by atoms with E-state index in [4.69, 9.17) is 15.7 Å². The zero-order valence-electron chi connectivity index (χ0n) is 24.9. The number of anilines is 2. The van der Waals surface area contributed by atoms with Gasteiger partial charge in [0.1, 0.15) is 17.3 Å². The highest BCUT2D eigenvalue weighted by atomic mass is 32.1. The molecule has 10 heteroatoms. The molecule has 224 valence electrons. The van der Waals surface area contributed by atoms with Gasteiger partial charge in [-0.1, -0.05) is 36.4 Å². The lowest BCUT2D eigenvalue weighted by Crippen LogP contribution is -2.46. The number of nitrogens with two attached hydrogens (primary N) is 1. The number of ether oxygens (including phenoxy) is 1. The van der Waals surface area contributed by atoms with Crippen molar-refractivity contribution in [3.63, 3.8) is 0 Å². The summed E-state index contributed by atoms with van der Waals surface area (Å²) in [5.74, 6) is 0.833. The number of thiophene rings is 1. The first-order chi connectivity index (χ1) is 21.5. The third-order valence-electron chi connectivity index (χ3n) is 8.26. The summed E-state index contributed by atoms with van der Waals surface area (Å²) in [4.78, 5) is 22.6. The second-order valence-electron chi connectivity index (χ2n) is 10.9. The molecule has 3 aromatic heterocycles. The number of piperazine rings is 1. The predicted octanol–water partition coefficient (Wildman–Crippen LogP) is 5.84. The highest BCUT2D eigenvalue weighted by molar-refractivity contribution is 7.18. The van der Waals surface area contributed by atoms with Crippen molar-refractivity contribution in [3.8, 4) is 22.9 Å². The second kappa shape index (κ2) is 12.9. The van der Waals surface area contributed by atoms with Crippen LogP contribution < -0.4 is 15.8 Å². The van der Waals surface area contributed by atoms with Crippen molar-refractivity contribution in [2.75, 3.05) is 57.4 Å². The molecule has 2 aromatic carbocycles. The van der Waals surface area contributed by atoms with Gasteiger partial charge in [0.2, 0.25) is 0 Å². The standard InChI is InChI=1S/C34H35N7O2S/c1-39-28-9-4-3-7-24(28)19-29(39)34(42)38-27-11-10-23(20-30(27)43-2)26-22-44-32-25(21-37-33(36)31(26)32)8-5-13-40-15-17-41(18-16-40)14-6-12-35/h3-5,7-11,19-22H,6,13-18H2,1-2H3,(H2,36,37)(H,38,42). The van der Waals surface area contributed by atoms with E-state index < -0.39 is 0 Å². The smallest absolute Gasteiger partial charge is 0.272 e. The van der Waals surface area contributed by atoms with Crippen LogP contribution in [0.4, 0.5) is 11.5 Å². The number of aryl methyl sites for hydroxylation is 1. The van der Waals surface area contributed by atoms with Crippen LogP contribution in [-0.4, -0.2) is 71.6 Å². The van der Waals surface area contributed by atoms with Gasteiger partial charge < -0.3 is 20.4 Å². The van der Waals surface area contributed by atoms with E-state index in [1.165, 1.54) is 0 Å². The van der Waals surface area contributed by atoms with Crippen LogP contribution in [0.5, 0.6) is 5.75 Å². The van der Waals surface area contributed by atoms with Crippen molar-refractivity contribution in [1.29, 1.82) is 5.26 Å². The zero-order chi connectivity index (χ0) is 30.6. The molecule has 0 bridgehead atoms. The van der Waals surface area contributed by atoms with Gasteiger partial charge in [0.25, 0.3) is 5.91 Å². The normalized spacial score (nSPS) is 14.4. The fourth-order valence-corrected chi connectivity index (χ4v) is 6.88. The van der Waals surface area contributed by atoms with E-state index in [1.807, 2.05) is 66.3 Å². The van der Waals surface area contributed by atoms with Gasteiger partial charge in [-0.05, 0) is 35.2 Å². The number of nitrogen functional groups attached to an aromatic ring is 1. The van der Waals surface area contributed by atoms with E-state index in [-0.39, 0.29) is 5.91 Å². The van der Waals surface area contributed by atoms with E-state index in [2.05, 4.69) is 43.7 Å². The van der Waals surface area contributed by atoms with Gasteiger partial charge in [-0.25, -0.2) is 4.98 Å². The third-order valence-corrected chi connectivity index (χ3v) is 9.29. The van der Waals surface area contributed by atoms with E-state index in [0.29, 0.717) is 29.4 Å². The Labute approximate surface area is 260 Å². The van der Waals surface area contributed by atoms with Gasteiger partial charge in [0.15, 0.2) is 0 Å². The van der Waals surface area contributed by atoms with Crippen molar-refractivity contribution >= 4 is 55.8 Å². The highest BCUT2D eigenvalue weighted by Gasteiger charge is 2.19. The molecule has 1 amide bonds. The molecule has 3 N–H and O–H groups in total. The number of rotatable bonds is 9. The Balaban J connectivity index is 1.20. The molecule has 1 saturated heterocycles. The number of pyridine rings is 1. The van der Waals surface area contributed by atoms with Gasteiger partial charge in [-0.15, -0.1) is 11.3 Å². The number of aromatic nitrogens is 2. The molecule has 1 fully saturated rings. The molecule has 0 saturated carbocycles. The van der Waals surface area contributed by atoms with Crippen LogP contribution in [0, 0.1) is 11.3 Å². The van der Waals surface area contributed by atoms with Gasteiger partial charge in [-0.3, -0.25) is 14.6 Å². The number of hydrogen-bond donors (Lipinski definition) is 2. The van der Waals surface area contributed by atoms with Gasteiger partial charge in [0, 0.05) is 91.0 Å². The summed E-state index contributed by atoms with van der Waals surface area (Å²) < 4.78 is 8.69. The van der Waals surface area contributed by atoms with E-state index in [0.717, 1.165) is 76.9 Å². The van der Waals surface area contributed by atoms with Crippen LogP contribution >= 0.6 is 11.3 Å². The molecule has 1 aliphatic rings. The van der Waals surface area contributed by atoms with Crippen molar-refractivity contribution in [1.82, 2.24) is 19.4 Å².